The lowest BCUT2D eigenvalue weighted by atomic mass is 9.94. The van der Waals surface area contributed by atoms with E-state index in [1.165, 1.54) is 22.3 Å². The van der Waals surface area contributed by atoms with Gasteiger partial charge in [0.25, 0.3) is 0 Å². The summed E-state index contributed by atoms with van der Waals surface area (Å²) >= 11 is 0. The van der Waals surface area contributed by atoms with Crippen LogP contribution in [0.1, 0.15) is 41.5 Å². The first-order chi connectivity index (χ1) is 16.0. The van der Waals surface area contributed by atoms with Crippen LogP contribution in [0.5, 0.6) is 11.5 Å². The first-order valence-corrected chi connectivity index (χ1v) is 11.8. The Morgan fingerprint density at radius 3 is 2.67 bits per heavy atom. The summed E-state index contributed by atoms with van der Waals surface area (Å²) in [5.41, 5.74) is 5.92. The number of fused-ring (bicyclic) bond motifs is 2. The van der Waals surface area contributed by atoms with E-state index in [-0.39, 0.29) is 24.6 Å². The second kappa shape index (κ2) is 9.06. The van der Waals surface area contributed by atoms with Crippen LogP contribution in [0.15, 0.2) is 30.3 Å². The number of carbonyl (C=O) groups excluding carboxylic acids is 2. The van der Waals surface area contributed by atoms with Gasteiger partial charge in [-0.1, -0.05) is 12.1 Å². The van der Waals surface area contributed by atoms with Crippen molar-refractivity contribution in [3.05, 3.63) is 52.6 Å². The molecule has 3 heterocycles. The minimum absolute atomic E-state index is 0.0651. The molecule has 1 fully saturated rings. The van der Waals surface area contributed by atoms with Crippen molar-refractivity contribution in [3.63, 3.8) is 0 Å². The molecule has 7 nitrogen and oxygen atoms in total. The molecule has 174 valence electrons. The number of rotatable bonds is 5. The number of carbonyl (C=O) groups is 2. The van der Waals surface area contributed by atoms with Crippen molar-refractivity contribution in [1.29, 1.82) is 0 Å². The van der Waals surface area contributed by atoms with Crippen LogP contribution in [0, 0.1) is 13.8 Å². The van der Waals surface area contributed by atoms with Gasteiger partial charge in [0.15, 0.2) is 11.5 Å². The summed E-state index contributed by atoms with van der Waals surface area (Å²) < 4.78 is 10.7. The zero-order chi connectivity index (χ0) is 22.9. The van der Waals surface area contributed by atoms with Gasteiger partial charge in [0, 0.05) is 37.8 Å². The van der Waals surface area contributed by atoms with Crippen molar-refractivity contribution in [2.75, 3.05) is 31.7 Å². The second-order valence-electron chi connectivity index (χ2n) is 9.28. The Morgan fingerprint density at radius 1 is 1.03 bits per heavy atom. The molecule has 0 radical (unpaired) electrons. The molecular formula is C26H31N3O4. The molecule has 0 bridgehead atoms. The first kappa shape index (κ1) is 21.8. The zero-order valence-electron chi connectivity index (χ0n) is 19.4. The summed E-state index contributed by atoms with van der Waals surface area (Å²) in [7, 11) is 0. The number of nitrogens with one attached hydrogen (secondary N) is 1. The van der Waals surface area contributed by atoms with Crippen molar-refractivity contribution in [2.45, 2.75) is 52.1 Å². The van der Waals surface area contributed by atoms with Crippen LogP contribution in [-0.4, -0.2) is 54.1 Å². The van der Waals surface area contributed by atoms with Crippen LogP contribution in [0.4, 0.5) is 5.69 Å². The van der Waals surface area contributed by atoms with Gasteiger partial charge in [-0.3, -0.25) is 14.5 Å². The summed E-state index contributed by atoms with van der Waals surface area (Å²) in [5, 5.41) is 2.93. The Hall–Kier alpha value is -3.06. The van der Waals surface area contributed by atoms with E-state index >= 15 is 0 Å². The van der Waals surface area contributed by atoms with Crippen molar-refractivity contribution < 1.29 is 19.1 Å². The van der Waals surface area contributed by atoms with Crippen LogP contribution in [0.2, 0.25) is 0 Å². The topological polar surface area (TPSA) is 71.1 Å². The van der Waals surface area contributed by atoms with Gasteiger partial charge in [-0.05, 0) is 74.0 Å². The molecule has 0 spiro atoms. The molecule has 0 aromatic heterocycles. The van der Waals surface area contributed by atoms with E-state index in [9.17, 15) is 9.59 Å². The van der Waals surface area contributed by atoms with E-state index in [0.29, 0.717) is 36.7 Å². The lowest BCUT2D eigenvalue weighted by molar-refractivity contribution is -0.137. The lowest BCUT2D eigenvalue weighted by Crippen LogP contribution is -2.47. The molecule has 3 aliphatic heterocycles. The highest BCUT2D eigenvalue weighted by Crippen LogP contribution is 2.34. The van der Waals surface area contributed by atoms with E-state index < -0.39 is 0 Å². The van der Waals surface area contributed by atoms with Gasteiger partial charge in [0.05, 0.1) is 6.04 Å². The van der Waals surface area contributed by atoms with E-state index in [2.05, 4.69) is 36.2 Å². The highest BCUT2D eigenvalue weighted by molar-refractivity contribution is 5.91. The zero-order valence-corrected chi connectivity index (χ0v) is 19.4. The summed E-state index contributed by atoms with van der Waals surface area (Å²) in [6.45, 7) is 7.37. The maximum atomic E-state index is 13.4. The standard InChI is InChI=1S/C26H31N3O4/c1-17-12-19-7-10-29(15-20(19)13-18(17)2)26(31)22-4-3-9-28(22)11-8-25(30)27-21-5-6-23-24(14-21)33-16-32-23/h5-6,12-14,22H,3-4,7-11,15-16H2,1-2H3,(H,27,30)/t22-/m0/s1. The van der Waals surface area contributed by atoms with Crippen molar-refractivity contribution in [1.82, 2.24) is 9.80 Å². The lowest BCUT2D eigenvalue weighted by Gasteiger charge is -2.34. The van der Waals surface area contributed by atoms with Gasteiger partial charge in [-0.15, -0.1) is 0 Å². The van der Waals surface area contributed by atoms with E-state index in [1.54, 1.807) is 12.1 Å². The third kappa shape index (κ3) is 4.55. The number of likely N-dealkylation sites (tertiary alicyclic amines) is 1. The number of hydrogen-bond acceptors (Lipinski definition) is 5. The smallest absolute Gasteiger partial charge is 0.240 e. The minimum Gasteiger partial charge on any atom is -0.454 e. The van der Waals surface area contributed by atoms with E-state index in [1.807, 2.05) is 11.0 Å². The molecule has 2 aromatic carbocycles. The number of hydrogen-bond donors (Lipinski definition) is 1. The quantitative estimate of drug-likeness (QED) is 0.758. The molecular weight excluding hydrogens is 418 g/mol. The molecule has 1 saturated heterocycles. The fourth-order valence-corrected chi connectivity index (χ4v) is 5.07. The molecule has 2 amide bonds. The number of anilines is 1. The van der Waals surface area contributed by atoms with Crippen LogP contribution < -0.4 is 14.8 Å². The highest BCUT2D eigenvalue weighted by atomic mass is 16.7. The van der Waals surface area contributed by atoms with Crippen LogP contribution >= 0.6 is 0 Å². The van der Waals surface area contributed by atoms with Gasteiger partial charge < -0.3 is 19.7 Å². The third-order valence-electron chi connectivity index (χ3n) is 7.07. The minimum atomic E-state index is -0.128. The monoisotopic (exact) mass is 449 g/mol. The highest BCUT2D eigenvalue weighted by Gasteiger charge is 2.35. The third-order valence-corrected chi connectivity index (χ3v) is 7.07. The molecule has 0 aliphatic carbocycles. The molecule has 3 aliphatic rings. The predicted molar refractivity (Wildman–Crippen MR) is 125 cm³/mol. The van der Waals surface area contributed by atoms with Crippen molar-refractivity contribution >= 4 is 17.5 Å². The Balaban J connectivity index is 1.16. The number of amides is 2. The SMILES string of the molecule is Cc1cc2c(cc1C)CN(C(=O)[C@@H]1CCCN1CCC(=O)Nc1ccc3c(c1)OCO3)CC2. The summed E-state index contributed by atoms with van der Waals surface area (Å²) in [6, 6.07) is 9.76. The molecule has 1 N–H and O–H groups in total. The molecule has 33 heavy (non-hydrogen) atoms. The van der Waals surface area contributed by atoms with Crippen molar-refractivity contribution in [3.8, 4) is 11.5 Å². The Morgan fingerprint density at radius 2 is 1.82 bits per heavy atom. The number of benzene rings is 2. The largest absolute Gasteiger partial charge is 0.454 e. The van der Waals surface area contributed by atoms with Gasteiger partial charge in [0.2, 0.25) is 18.6 Å². The Kier molecular flexibility index (Phi) is 5.98. The van der Waals surface area contributed by atoms with Gasteiger partial charge >= 0.3 is 0 Å². The van der Waals surface area contributed by atoms with Crippen molar-refractivity contribution in [2.24, 2.45) is 0 Å². The fraction of sp³-hybridized carbons (Fsp3) is 0.462. The Labute approximate surface area is 194 Å². The maximum Gasteiger partial charge on any atom is 0.240 e. The van der Waals surface area contributed by atoms with Gasteiger partial charge in [0.1, 0.15) is 0 Å². The Bertz CT molecular complexity index is 1080. The summed E-state index contributed by atoms with van der Waals surface area (Å²) in [4.78, 5) is 30.1. The predicted octanol–water partition coefficient (Wildman–Crippen LogP) is 3.41. The normalized spacial score (nSPS) is 19.5. The van der Waals surface area contributed by atoms with Gasteiger partial charge in [-0.2, -0.15) is 0 Å². The number of ether oxygens (including phenoxy) is 2. The van der Waals surface area contributed by atoms with Crippen LogP contribution in [0.25, 0.3) is 0 Å². The molecule has 2 aromatic rings. The molecule has 5 rings (SSSR count). The summed E-state index contributed by atoms with van der Waals surface area (Å²) in [6.07, 6.45) is 3.11. The number of aryl methyl sites for hydroxylation is 2. The second-order valence-corrected chi connectivity index (χ2v) is 9.28. The average Bonchev–Trinajstić information content (AvgIpc) is 3.46. The molecule has 0 unspecified atom stereocenters. The first-order valence-electron chi connectivity index (χ1n) is 11.8. The molecule has 7 heteroatoms. The molecule has 0 saturated carbocycles. The van der Waals surface area contributed by atoms with Gasteiger partial charge in [-0.25, -0.2) is 0 Å². The maximum absolute atomic E-state index is 13.4. The van der Waals surface area contributed by atoms with Crippen LogP contribution in [0.3, 0.4) is 0 Å². The van der Waals surface area contributed by atoms with E-state index in [0.717, 1.165) is 32.4 Å². The fourth-order valence-electron chi connectivity index (χ4n) is 5.07. The average molecular weight is 450 g/mol. The number of nitrogens with zero attached hydrogens (tertiary/aromatic N) is 2. The van der Waals surface area contributed by atoms with E-state index in [4.69, 9.17) is 9.47 Å². The summed E-state index contributed by atoms with van der Waals surface area (Å²) in [5.74, 6) is 1.47. The molecule has 1 atom stereocenters. The van der Waals surface area contributed by atoms with Crippen LogP contribution in [-0.2, 0) is 22.6 Å².